The molecule has 2 amide bonds. The average molecular weight is 404 g/mol. The molecule has 0 aliphatic heterocycles. The summed E-state index contributed by atoms with van der Waals surface area (Å²) in [5.74, 6) is -1.29. The molecule has 0 bridgehead atoms. The number of aliphatic hydroxyl groups excluding tert-OH is 1. The third-order valence-electron chi connectivity index (χ3n) is 4.01. The zero-order valence-electron chi connectivity index (χ0n) is 14.5. The minimum Gasteiger partial charge on any atom is -0.392 e. The predicted molar refractivity (Wildman–Crippen MR) is 103 cm³/mol. The van der Waals surface area contributed by atoms with E-state index in [-0.39, 0.29) is 24.5 Å². The number of hydrogen-bond acceptors (Lipinski definition) is 3. The van der Waals surface area contributed by atoms with E-state index in [1.165, 1.54) is 12.1 Å². The Bertz CT molecular complexity index is 994. The zero-order valence-corrected chi connectivity index (χ0v) is 15.3. The topological polar surface area (TPSA) is 74.2 Å². The molecule has 0 saturated carbocycles. The van der Waals surface area contributed by atoms with Crippen LogP contribution in [0.5, 0.6) is 0 Å². The summed E-state index contributed by atoms with van der Waals surface area (Å²) in [6.07, 6.45) is 0. The Balaban J connectivity index is 1.76. The molecule has 0 aliphatic rings. The van der Waals surface area contributed by atoms with Crippen molar-refractivity contribution in [3.63, 3.8) is 0 Å². The van der Waals surface area contributed by atoms with Crippen molar-refractivity contribution in [3.05, 3.63) is 82.4 Å². The number of hydrogen-bond donors (Lipinski definition) is 3. The number of pyridine rings is 1. The Kier molecular flexibility index (Phi) is 6.18. The molecule has 3 rings (SSSR count). The highest BCUT2D eigenvalue weighted by Gasteiger charge is 2.13. The molecule has 0 saturated heterocycles. The lowest BCUT2D eigenvalue weighted by atomic mass is 10.1. The summed E-state index contributed by atoms with van der Waals surface area (Å²) in [5.41, 5.74) is 1.32. The molecule has 0 atom stereocenters. The van der Waals surface area contributed by atoms with E-state index in [2.05, 4.69) is 15.6 Å². The van der Waals surface area contributed by atoms with E-state index in [1.54, 1.807) is 30.3 Å². The highest BCUT2D eigenvalue weighted by atomic mass is 35.5. The first kappa shape index (κ1) is 19.7. The Labute approximate surface area is 165 Å². The molecule has 3 N–H and O–H groups in total. The highest BCUT2D eigenvalue weighted by Crippen LogP contribution is 2.30. The first-order valence-corrected chi connectivity index (χ1v) is 8.71. The molecular formula is C20H16ClF2N3O2. The number of carbonyl (C=O) groups is 1. The standard InChI is InChI=1S/C20H16ClF2N3O2/c21-15-5-2-1-4-13(15)19-12(11-27)8-9-18(25-19)26-20(28)24-10-14-16(22)6-3-7-17(14)23/h1-9,27H,10-11H2,(H2,24,25,26,28). The van der Waals surface area contributed by atoms with E-state index in [9.17, 15) is 18.7 Å². The van der Waals surface area contributed by atoms with Crippen LogP contribution in [-0.4, -0.2) is 16.1 Å². The number of urea groups is 1. The van der Waals surface area contributed by atoms with Gasteiger partial charge in [-0.2, -0.15) is 0 Å². The van der Waals surface area contributed by atoms with Gasteiger partial charge in [0, 0.05) is 21.7 Å². The van der Waals surface area contributed by atoms with Gasteiger partial charge in [-0.25, -0.2) is 18.6 Å². The third kappa shape index (κ3) is 4.44. The van der Waals surface area contributed by atoms with Gasteiger partial charge < -0.3 is 10.4 Å². The maximum Gasteiger partial charge on any atom is 0.320 e. The van der Waals surface area contributed by atoms with Gasteiger partial charge in [-0.05, 0) is 24.3 Å². The average Bonchev–Trinajstić information content (AvgIpc) is 2.68. The SMILES string of the molecule is O=C(NCc1c(F)cccc1F)Nc1ccc(CO)c(-c2ccccc2Cl)n1. The summed E-state index contributed by atoms with van der Waals surface area (Å²) < 4.78 is 27.3. The quantitative estimate of drug-likeness (QED) is 0.587. The maximum atomic E-state index is 13.6. The van der Waals surface area contributed by atoms with E-state index in [4.69, 9.17) is 11.6 Å². The van der Waals surface area contributed by atoms with Crippen LogP contribution in [0.4, 0.5) is 19.4 Å². The summed E-state index contributed by atoms with van der Waals surface area (Å²) in [6.45, 7) is -0.580. The molecule has 1 heterocycles. The van der Waals surface area contributed by atoms with Gasteiger partial charge in [0.25, 0.3) is 0 Å². The Morgan fingerprint density at radius 2 is 1.75 bits per heavy atom. The van der Waals surface area contributed by atoms with Crippen LogP contribution in [0.1, 0.15) is 11.1 Å². The van der Waals surface area contributed by atoms with Gasteiger partial charge in [0.1, 0.15) is 17.5 Å². The monoisotopic (exact) mass is 403 g/mol. The van der Waals surface area contributed by atoms with Crippen LogP contribution >= 0.6 is 11.6 Å². The second-order valence-electron chi connectivity index (χ2n) is 5.85. The molecule has 0 radical (unpaired) electrons. The summed E-state index contributed by atoms with van der Waals surface area (Å²) in [4.78, 5) is 16.4. The van der Waals surface area contributed by atoms with Crippen molar-refractivity contribution >= 4 is 23.4 Å². The predicted octanol–water partition coefficient (Wildman–Crippen LogP) is 4.49. The molecule has 144 valence electrons. The third-order valence-corrected chi connectivity index (χ3v) is 4.34. The van der Waals surface area contributed by atoms with Gasteiger partial charge in [-0.15, -0.1) is 0 Å². The minimum absolute atomic E-state index is 0.193. The summed E-state index contributed by atoms with van der Waals surface area (Å²) >= 11 is 6.20. The van der Waals surface area contributed by atoms with Crippen LogP contribution in [0.25, 0.3) is 11.3 Å². The van der Waals surface area contributed by atoms with E-state index < -0.39 is 17.7 Å². The molecule has 0 spiro atoms. The summed E-state index contributed by atoms with van der Waals surface area (Å²) in [6, 6.07) is 12.9. The van der Waals surface area contributed by atoms with Gasteiger partial charge in [0.2, 0.25) is 0 Å². The van der Waals surface area contributed by atoms with E-state index in [0.29, 0.717) is 21.8 Å². The van der Waals surface area contributed by atoms with Gasteiger partial charge in [0.15, 0.2) is 0 Å². The second kappa shape index (κ2) is 8.77. The number of benzene rings is 2. The molecule has 0 fully saturated rings. The number of aromatic nitrogens is 1. The highest BCUT2D eigenvalue weighted by molar-refractivity contribution is 6.33. The molecule has 8 heteroatoms. The fraction of sp³-hybridized carbons (Fsp3) is 0.100. The smallest absolute Gasteiger partial charge is 0.320 e. The molecule has 28 heavy (non-hydrogen) atoms. The fourth-order valence-corrected chi connectivity index (χ4v) is 2.83. The van der Waals surface area contributed by atoms with Crippen LogP contribution in [0.2, 0.25) is 5.02 Å². The zero-order chi connectivity index (χ0) is 20.1. The van der Waals surface area contributed by atoms with Gasteiger partial charge in [-0.3, -0.25) is 5.32 Å². The number of halogens is 3. The summed E-state index contributed by atoms with van der Waals surface area (Å²) in [5, 5.41) is 14.9. The maximum absolute atomic E-state index is 13.6. The van der Waals surface area contributed by atoms with Crippen LogP contribution in [-0.2, 0) is 13.2 Å². The number of nitrogens with one attached hydrogen (secondary N) is 2. The lowest BCUT2D eigenvalue weighted by molar-refractivity contribution is 0.251. The van der Waals surface area contributed by atoms with Crippen molar-refractivity contribution < 1.29 is 18.7 Å². The number of anilines is 1. The largest absolute Gasteiger partial charge is 0.392 e. The number of carbonyl (C=O) groups excluding carboxylic acids is 1. The van der Waals surface area contributed by atoms with Crippen LogP contribution < -0.4 is 10.6 Å². The van der Waals surface area contributed by atoms with Crippen molar-refractivity contribution in [2.24, 2.45) is 0 Å². The molecular weight excluding hydrogens is 388 g/mol. The second-order valence-corrected chi connectivity index (χ2v) is 6.26. The van der Waals surface area contributed by atoms with E-state index >= 15 is 0 Å². The van der Waals surface area contributed by atoms with Crippen LogP contribution in [0.15, 0.2) is 54.6 Å². The molecule has 2 aromatic carbocycles. The lowest BCUT2D eigenvalue weighted by Crippen LogP contribution is -2.29. The van der Waals surface area contributed by atoms with Crippen molar-refractivity contribution in [2.75, 3.05) is 5.32 Å². The first-order chi connectivity index (χ1) is 13.5. The number of aliphatic hydroxyl groups is 1. The molecule has 0 unspecified atom stereocenters. The molecule has 0 aliphatic carbocycles. The lowest BCUT2D eigenvalue weighted by Gasteiger charge is -2.12. The first-order valence-electron chi connectivity index (χ1n) is 8.33. The number of amides is 2. The minimum atomic E-state index is -0.744. The normalized spacial score (nSPS) is 10.6. The van der Waals surface area contributed by atoms with Gasteiger partial charge >= 0.3 is 6.03 Å². The van der Waals surface area contributed by atoms with E-state index in [1.807, 2.05) is 0 Å². The van der Waals surface area contributed by atoms with Crippen molar-refractivity contribution in [1.82, 2.24) is 10.3 Å². The Morgan fingerprint density at radius 1 is 1.04 bits per heavy atom. The molecule has 1 aromatic heterocycles. The fourth-order valence-electron chi connectivity index (χ4n) is 2.60. The molecule has 3 aromatic rings. The summed E-state index contributed by atoms with van der Waals surface area (Å²) in [7, 11) is 0. The number of rotatable bonds is 5. The molecule has 5 nitrogen and oxygen atoms in total. The van der Waals surface area contributed by atoms with Crippen molar-refractivity contribution in [2.45, 2.75) is 13.2 Å². The van der Waals surface area contributed by atoms with Gasteiger partial charge in [0.05, 0.1) is 18.8 Å². The Hall–Kier alpha value is -3.03. The van der Waals surface area contributed by atoms with Crippen LogP contribution in [0, 0.1) is 11.6 Å². The van der Waals surface area contributed by atoms with Crippen molar-refractivity contribution in [3.8, 4) is 11.3 Å². The van der Waals surface area contributed by atoms with Gasteiger partial charge in [-0.1, -0.05) is 41.9 Å². The van der Waals surface area contributed by atoms with E-state index in [0.717, 1.165) is 12.1 Å². The van der Waals surface area contributed by atoms with Crippen LogP contribution in [0.3, 0.4) is 0 Å². The van der Waals surface area contributed by atoms with Crippen molar-refractivity contribution in [1.29, 1.82) is 0 Å². The Morgan fingerprint density at radius 3 is 2.43 bits per heavy atom. The number of nitrogens with zero attached hydrogens (tertiary/aromatic N) is 1.